The molecule has 1 aromatic heterocycles. The number of nitrogens with zero attached hydrogens (tertiary/aromatic N) is 3. The van der Waals surface area contributed by atoms with E-state index in [9.17, 15) is 4.79 Å². The largest absolute Gasteiger partial charge is 0.491 e. The van der Waals surface area contributed by atoms with E-state index in [-0.39, 0.29) is 11.8 Å². The van der Waals surface area contributed by atoms with Crippen LogP contribution in [0.5, 0.6) is 5.75 Å². The Morgan fingerprint density at radius 3 is 2.57 bits per heavy atom. The van der Waals surface area contributed by atoms with E-state index in [0.717, 1.165) is 39.1 Å². The predicted molar refractivity (Wildman–Crippen MR) is 140 cm³/mol. The van der Waals surface area contributed by atoms with Gasteiger partial charge in [-0.15, -0.1) is 0 Å². The predicted octanol–water partition coefficient (Wildman–Crippen LogP) is 6.44. The lowest BCUT2D eigenvalue weighted by Crippen LogP contribution is -2.24. The van der Waals surface area contributed by atoms with Gasteiger partial charge in [-0.05, 0) is 47.9 Å². The molecule has 0 N–H and O–H groups in total. The van der Waals surface area contributed by atoms with Crippen molar-refractivity contribution in [2.75, 3.05) is 18.1 Å². The van der Waals surface area contributed by atoms with Crippen molar-refractivity contribution in [1.29, 1.82) is 0 Å². The Balaban J connectivity index is 1.27. The quantitative estimate of drug-likeness (QED) is 0.280. The number of hydrogen-bond donors (Lipinski definition) is 0. The SMILES string of the molecule is O=C1CC(c2nc3ccccc3n2CCOc2cccc3ccccc23)CN1c1ccc(Cl)cc1. The van der Waals surface area contributed by atoms with Gasteiger partial charge in [0.15, 0.2) is 0 Å². The maximum absolute atomic E-state index is 12.9. The van der Waals surface area contributed by atoms with Gasteiger partial charge in [-0.3, -0.25) is 4.79 Å². The topological polar surface area (TPSA) is 47.4 Å². The van der Waals surface area contributed by atoms with Crippen molar-refractivity contribution in [2.24, 2.45) is 0 Å². The number of para-hydroxylation sites is 2. The molecule has 0 aliphatic carbocycles. The fourth-order valence-electron chi connectivity index (χ4n) is 4.96. The molecule has 35 heavy (non-hydrogen) atoms. The summed E-state index contributed by atoms with van der Waals surface area (Å²) in [7, 11) is 0. The number of carbonyl (C=O) groups excluding carboxylic acids is 1. The van der Waals surface area contributed by atoms with Crippen LogP contribution in [0.15, 0.2) is 91.0 Å². The molecule has 0 spiro atoms. The lowest BCUT2D eigenvalue weighted by molar-refractivity contribution is -0.117. The summed E-state index contributed by atoms with van der Waals surface area (Å²) >= 11 is 6.04. The van der Waals surface area contributed by atoms with Crippen LogP contribution in [-0.2, 0) is 11.3 Å². The van der Waals surface area contributed by atoms with E-state index in [0.29, 0.717) is 31.1 Å². The van der Waals surface area contributed by atoms with Crippen LogP contribution in [0.3, 0.4) is 0 Å². The Hall–Kier alpha value is -3.83. The third-order valence-electron chi connectivity index (χ3n) is 6.63. The molecule has 1 unspecified atom stereocenters. The average Bonchev–Trinajstić information content (AvgIpc) is 3.45. The first-order valence-corrected chi connectivity index (χ1v) is 12.2. The Morgan fingerprint density at radius 1 is 0.914 bits per heavy atom. The summed E-state index contributed by atoms with van der Waals surface area (Å²) < 4.78 is 8.46. The minimum absolute atomic E-state index is 0.00290. The van der Waals surface area contributed by atoms with Crippen LogP contribution in [-0.4, -0.2) is 28.6 Å². The minimum Gasteiger partial charge on any atom is -0.491 e. The molecule has 4 aromatic carbocycles. The van der Waals surface area contributed by atoms with E-state index in [4.69, 9.17) is 21.3 Å². The molecule has 0 saturated carbocycles. The molecule has 0 bridgehead atoms. The van der Waals surface area contributed by atoms with Gasteiger partial charge in [-0.25, -0.2) is 4.98 Å². The van der Waals surface area contributed by atoms with Gasteiger partial charge in [0, 0.05) is 35.0 Å². The maximum atomic E-state index is 12.9. The van der Waals surface area contributed by atoms with Crippen LogP contribution in [0, 0.1) is 0 Å². The van der Waals surface area contributed by atoms with Gasteiger partial charge in [0.1, 0.15) is 18.2 Å². The lowest BCUT2D eigenvalue weighted by Gasteiger charge is -2.18. The van der Waals surface area contributed by atoms with Crippen molar-refractivity contribution in [3.8, 4) is 5.75 Å². The summed E-state index contributed by atoms with van der Waals surface area (Å²) in [6, 6.07) is 29.9. The van der Waals surface area contributed by atoms with Gasteiger partial charge in [-0.2, -0.15) is 0 Å². The molecule has 174 valence electrons. The second kappa shape index (κ2) is 9.08. The summed E-state index contributed by atoms with van der Waals surface area (Å²) in [6.07, 6.45) is 0.427. The van der Waals surface area contributed by atoms with Gasteiger partial charge in [0.2, 0.25) is 5.91 Å². The van der Waals surface area contributed by atoms with Crippen molar-refractivity contribution >= 4 is 45.0 Å². The number of imidazole rings is 1. The van der Waals surface area contributed by atoms with Crippen LogP contribution >= 0.6 is 11.6 Å². The van der Waals surface area contributed by atoms with Crippen LogP contribution in [0.1, 0.15) is 18.2 Å². The summed E-state index contributed by atoms with van der Waals surface area (Å²) in [5.74, 6) is 1.91. The van der Waals surface area contributed by atoms with E-state index in [1.807, 2.05) is 71.6 Å². The number of anilines is 1. The molecule has 6 heteroatoms. The third kappa shape index (κ3) is 4.13. The van der Waals surface area contributed by atoms with Crippen LogP contribution in [0.4, 0.5) is 5.69 Å². The number of fused-ring (bicyclic) bond motifs is 2. The Labute approximate surface area is 208 Å². The van der Waals surface area contributed by atoms with Crippen LogP contribution in [0.2, 0.25) is 5.02 Å². The lowest BCUT2D eigenvalue weighted by atomic mass is 10.1. The highest BCUT2D eigenvalue weighted by atomic mass is 35.5. The van der Waals surface area contributed by atoms with Gasteiger partial charge in [-0.1, -0.05) is 60.1 Å². The second-order valence-corrected chi connectivity index (χ2v) is 9.25. The highest BCUT2D eigenvalue weighted by molar-refractivity contribution is 6.30. The third-order valence-corrected chi connectivity index (χ3v) is 6.89. The monoisotopic (exact) mass is 481 g/mol. The number of carbonyl (C=O) groups is 1. The van der Waals surface area contributed by atoms with Gasteiger partial charge < -0.3 is 14.2 Å². The highest BCUT2D eigenvalue weighted by Gasteiger charge is 2.34. The fraction of sp³-hybridized carbons (Fsp3) is 0.172. The Kier molecular flexibility index (Phi) is 5.63. The van der Waals surface area contributed by atoms with Crippen LogP contribution < -0.4 is 9.64 Å². The molecule has 1 atom stereocenters. The van der Waals surface area contributed by atoms with Gasteiger partial charge in [0.25, 0.3) is 0 Å². The van der Waals surface area contributed by atoms with E-state index < -0.39 is 0 Å². The molecule has 0 radical (unpaired) electrons. The van der Waals surface area contributed by atoms with Crippen molar-refractivity contribution in [3.05, 3.63) is 102 Å². The highest BCUT2D eigenvalue weighted by Crippen LogP contribution is 2.34. The minimum atomic E-state index is 0.00290. The number of benzene rings is 4. The number of aromatic nitrogens is 2. The van der Waals surface area contributed by atoms with Crippen molar-refractivity contribution < 1.29 is 9.53 Å². The number of halogens is 1. The smallest absolute Gasteiger partial charge is 0.227 e. The molecule has 5 nitrogen and oxygen atoms in total. The fourth-order valence-corrected chi connectivity index (χ4v) is 5.09. The first-order chi connectivity index (χ1) is 17.2. The summed E-state index contributed by atoms with van der Waals surface area (Å²) in [5, 5.41) is 2.92. The van der Waals surface area contributed by atoms with Gasteiger partial charge >= 0.3 is 0 Å². The zero-order valence-corrected chi connectivity index (χ0v) is 19.9. The van der Waals surface area contributed by atoms with E-state index in [1.54, 1.807) is 0 Å². The molecule has 6 rings (SSSR count). The van der Waals surface area contributed by atoms with Crippen molar-refractivity contribution in [1.82, 2.24) is 9.55 Å². The second-order valence-electron chi connectivity index (χ2n) is 8.82. The normalized spacial score (nSPS) is 15.9. The van der Waals surface area contributed by atoms with E-state index in [1.165, 1.54) is 0 Å². The zero-order chi connectivity index (χ0) is 23.8. The summed E-state index contributed by atoms with van der Waals surface area (Å²) in [5.41, 5.74) is 2.86. The molecule has 1 aliphatic heterocycles. The van der Waals surface area contributed by atoms with E-state index >= 15 is 0 Å². The molecule has 5 aromatic rings. The number of ether oxygens (including phenoxy) is 1. The first kappa shape index (κ1) is 21.7. The average molecular weight is 482 g/mol. The first-order valence-electron chi connectivity index (χ1n) is 11.8. The Bertz CT molecular complexity index is 1520. The molecular formula is C29H24ClN3O2. The Morgan fingerprint density at radius 2 is 1.69 bits per heavy atom. The van der Waals surface area contributed by atoms with E-state index in [2.05, 4.69) is 28.8 Å². The van der Waals surface area contributed by atoms with Gasteiger partial charge in [0.05, 0.1) is 17.6 Å². The zero-order valence-electron chi connectivity index (χ0n) is 19.1. The summed E-state index contributed by atoms with van der Waals surface area (Å²) in [4.78, 5) is 19.7. The molecule has 1 amide bonds. The molecule has 1 aliphatic rings. The van der Waals surface area contributed by atoms with Crippen molar-refractivity contribution in [2.45, 2.75) is 18.9 Å². The van der Waals surface area contributed by atoms with Crippen LogP contribution in [0.25, 0.3) is 21.8 Å². The number of rotatable bonds is 6. The molecule has 1 fully saturated rings. The number of amides is 1. The molecule has 1 saturated heterocycles. The van der Waals surface area contributed by atoms with Crippen molar-refractivity contribution in [3.63, 3.8) is 0 Å². The summed E-state index contributed by atoms with van der Waals surface area (Å²) in [6.45, 7) is 1.74. The number of hydrogen-bond acceptors (Lipinski definition) is 3. The standard InChI is InChI=1S/C29H24ClN3O2/c30-22-12-14-23(15-13-22)33-19-21(18-28(33)34)29-31-25-9-3-4-10-26(25)32(29)16-17-35-27-11-5-7-20-6-1-2-8-24(20)27/h1-15,21H,16-19H2. The molecular weight excluding hydrogens is 458 g/mol. The molecule has 2 heterocycles. The maximum Gasteiger partial charge on any atom is 0.227 e.